The van der Waals surface area contributed by atoms with Crippen LogP contribution in [0.1, 0.15) is 11.4 Å². The molecule has 0 aliphatic carbocycles. The van der Waals surface area contributed by atoms with E-state index in [9.17, 15) is 10.1 Å². The minimum atomic E-state index is -0.434. The Morgan fingerprint density at radius 1 is 1.21 bits per heavy atom. The Labute approximate surface area is 139 Å². The molecule has 0 saturated carbocycles. The molecule has 0 spiro atoms. The zero-order valence-electron chi connectivity index (χ0n) is 13.2. The lowest BCUT2D eigenvalue weighted by Gasteiger charge is -2.36. The van der Waals surface area contributed by atoms with Crippen LogP contribution >= 0.6 is 0 Å². The van der Waals surface area contributed by atoms with Crippen molar-refractivity contribution in [3.63, 3.8) is 0 Å². The smallest absolute Gasteiger partial charge is 0.293 e. The fourth-order valence-electron chi connectivity index (χ4n) is 2.80. The summed E-state index contributed by atoms with van der Waals surface area (Å²) in [6.07, 6.45) is 1.73. The number of hydrogen-bond donors (Lipinski definition) is 0. The summed E-state index contributed by atoms with van der Waals surface area (Å²) < 4.78 is 0. The second kappa shape index (κ2) is 6.50. The Bertz CT molecular complexity index is 808. The number of hydrogen-bond acceptors (Lipinski definition) is 7. The van der Waals surface area contributed by atoms with Gasteiger partial charge >= 0.3 is 0 Å². The number of nitrogens with zero attached hydrogens (tertiary/aromatic N) is 6. The van der Waals surface area contributed by atoms with E-state index in [2.05, 4.69) is 14.9 Å². The summed E-state index contributed by atoms with van der Waals surface area (Å²) in [6.45, 7) is 4.58. The van der Waals surface area contributed by atoms with Crippen molar-refractivity contribution < 1.29 is 4.92 Å². The molecule has 0 N–H and O–H groups in total. The van der Waals surface area contributed by atoms with Gasteiger partial charge in [0.25, 0.3) is 5.69 Å². The second-order valence-corrected chi connectivity index (χ2v) is 5.51. The van der Waals surface area contributed by atoms with E-state index < -0.39 is 4.92 Å². The molecule has 2 aromatic rings. The quantitative estimate of drug-likeness (QED) is 0.628. The molecule has 1 aliphatic heterocycles. The van der Waals surface area contributed by atoms with Gasteiger partial charge in [-0.2, -0.15) is 5.26 Å². The van der Waals surface area contributed by atoms with Gasteiger partial charge in [0.05, 0.1) is 16.6 Å². The molecule has 122 valence electrons. The number of piperazine rings is 1. The van der Waals surface area contributed by atoms with E-state index in [-0.39, 0.29) is 5.69 Å². The van der Waals surface area contributed by atoms with Crippen LogP contribution in [0.4, 0.5) is 17.2 Å². The fraction of sp³-hybridized carbons (Fsp3) is 0.312. The normalized spacial score (nSPS) is 14.3. The molecule has 1 saturated heterocycles. The molecule has 1 aromatic heterocycles. The first kappa shape index (κ1) is 15.7. The van der Waals surface area contributed by atoms with E-state index in [1.165, 1.54) is 6.07 Å². The van der Waals surface area contributed by atoms with Crippen molar-refractivity contribution in [2.75, 3.05) is 36.0 Å². The second-order valence-electron chi connectivity index (χ2n) is 5.51. The van der Waals surface area contributed by atoms with Crippen LogP contribution in [-0.2, 0) is 0 Å². The highest BCUT2D eigenvalue weighted by Crippen LogP contribution is 2.30. The predicted octanol–water partition coefficient (Wildman–Crippen LogP) is 1.89. The lowest BCUT2D eigenvalue weighted by Crippen LogP contribution is -2.47. The van der Waals surface area contributed by atoms with Gasteiger partial charge in [-0.1, -0.05) is 0 Å². The molecule has 0 amide bonds. The van der Waals surface area contributed by atoms with E-state index in [0.29, 0.717) is 37.4 Å². The summed E-state index contributed by atoms with van der Waals surface area (Å²) in [5.41, 5.74) is 0.818. The summed E-state index contributed by atoms with van der Waals surface area (Å²) in [7, 11) is 0. The van der Waals surface area contributed by atoms with E-state index in [4.69, 9.17) is 5.26 Å². The molecule has 1 fully saturated rings. The molecular formula is C16H16N6O2. The first-order valence-electron chi connectivity index (χ1n) is 7.56. The lowest BCUT2D eigenvalue weighted by molar-refractivity contribution is -0.384. The highest BCUT2D eigenvalue weighted by atomic mass is 16.6. The number of nitro groups is 1. The largest absolute Gasteiger partial charge is 0.362 e. The van der Waals surface area contributed by atoms with Gasteiger partial charge in [-0.3, -0.25) is 10.1 Å². The SMILES string of the molecule is Cc1nccc(N2CCN(c3ccc(C#N)cc3[N+](=O)[O-])CC2)n1. The van der Waals surface area contributed by atoms with E-state index in [0.717, 1.165) is 11.6 Å². The summed E-state index contributed by atoms with van der Waals surface area (Å²) >= 11 is 0. The van der Waals surface area contributed by atoms with Crippen molar-refractivity contribution in [3.05, 3.63) is 52.0 Å². The zero-order chi connectivity index (χ0) is 17.1. The van der Waals surface area contributed by atoms with Crippen LogP contribution in [0.5, 0.6) is 0 Å². The maximum atomic E-state index is 11.3. The van der Waals surface area contributed by atoms with Gasteiger partial charge in [-0.15, -0.1) is 0 Å². The van der Waals surface area contributed by atoms with Gasteiger partial charge < -0.3 is 9.80 Å². The van der Waals surface area contributed by atoms with Gasteiger partial charge in [0.15, 0.2) is 0 Å². The Balaban J connectivity index is 1.78. The van der Waals surface area contributed by atoms with Crippen LogP contribution in [0.3, 0.4) is 0 Å². The summed E-state index contributed by atoms with van der Waals surface area (Å²) in [5.74, 6) is 1.59. The number of aromatic nitrogens is 2. The van der Waals surface area contributed by atoms with Gasteiger partial charge in [0.1, 0.15) is 17.3 Å². The summed E-state index contributed by atoms with van der Waals surface area (Å²) in [4.78, 5) is 23.5. The third kappa shape index (κ3) is 3.10. The van der Waals surface area contributed by atoms with E-state index in [1.54, 1.807) is 18.3 Å². The molecule has 3 rings (SSSR count). The number of anilines is 2. The van der Waals surface area contributed by atoms with Gasteiger partial charge in [-0.25, -0.2) is 9.97 Å². The average molecular weight is 324 g/mol. The Morgan fingerprint density at radius 3 is 2.54 bits per heavy atom. The predicted molar refractivity (Wildman–Crippen MR) is 89.0 cm³/mol. The fourth-order valence-corrected chi connectivity index (χ4v) is 2.80. The Hall–Kier alpha value is -3.21. The molecule has 1 aliphatic rings. The van der Waals surface area contributed by atoms with Crippen LogP contribution in [-0.4, -0.2) is 41.1 Å². The third-order valence-corrected chi connectivity index (χ3v) is 4.01. The van der Waals surface area contributed by atoms with E-state index >= 15 is 0 Å². The van der Waals surface area contributed by atoms with Gasteiger partial charge in [-0.05, 0) is 25.1 Å². The molecule has 0 unspecified atom stereocenters. The van der Waals surface area contributed by atoms with Crippen molar-refractivity contribution in [3.8, 4) is 6.07 Å². The van der Waals surface area contributed by atoms with Crippen molar-refractivity contribution in [2.24, 2.45) is 0 Å². The molecule has 0 atom stereocenters. The van der Waals surface area contributed by atoms with Crippen LogP contribution in [0, 0.1) is 28.4 Å². The molecule has 24 heavy (non-hydrogen) atoms. The van der Waals surface area contributed by atoms with Crippen LogP contribution in [0.2, 0.25) is 0 Å². The van der Waals surface area contributed by atoms with Crippen molar-refractivity contribution >= 4 is 17.2 Å². The molecule has 2 heterocycles. The molecule has 8 nitrogen and oxygen atoms in total. The monoisotopic (exact) mass is 324 g/mol. The minimum Gasteiger partial charge on any atom is -0.362 e. The lowest BCUT2D eigenvalue weighted by atomic mass is 10.1. The highest BCUT2D eigenvalue weighted by Gasteiger charge is 2.24. The minimum absolute atomic E-state index is 0.0274. The number of rotatable bonds is 3. The number of aryl methyl sites for hydroxylation is 1. The van der Waals surface area contributed by atoms with Crippen molar-refractivity contribution in [1.29, 1.82) is 5.26 Å². The van der Waals surface area contributed by atoms with Gasteiger partial charge in [0, 0.05) is 38.4 Å². The summed E-state index contributed by atoms with van der Waals surface area (Å²) in [6, 6.07) is 8.41. The Kier molecular flexibility index (Phi) is 4.24. The molecule has 1 aromatic carbocycles. The average Bonchev–Trinajstić information content (AvgIpc) is 2.61. The number of nitro benzene ring substituents is 1. The van der Waals surface area contributed by atoms with Crippen molar-refractivity contribution in [1.82, 2.24) is 9.97 Å². The first-order chi connectivity index (χ1) is 11.6. The maximum Gasteiger partial charge on any atom is 0.293 e. The topological polar surface area (TPSA) is 99.2 Å². The highest BCUT2D eigenvalue weighted by molar-refractivity contribution is 5.66. The third-order valence-electron chi connectivity index (χ3n) is 4.01. The zero-order valence-corrected chi connectivity index (χ0v) is 13.2. The number of benzene rings is 1. The molecule has 0 bridgehead atoms. The van der Waals surface area contributed by atoms with Crippen molar-refractivity contribution in [2.45, 2.75) is 6.92 Å². The molecule has 8 heteroatoms. The summed E-state index contributed by atoms with van der Waals surface area (Å²) in [5, 5.41) is 20.2. The standard InChI is InChI=1S/C16H16N6O2/c1-12-18-5-4-16(19-12)21-8-6-20(7-9-21)14-3-2-13(11-17)10-15(14)22(23)24/h2-5,10H,6-9H2,1H3. The van der Waals surface area contributed by atoms with Crippen LogP contribution < -0.4 is 9.80 Å². The molecular weight excluding hydrogens is 308 g/mol. The van der Waals surface area contributed by atoms with Crippen LogP contribution in [0.25, 0.3) is 0 Å². The molecule has 0 radical (unpaired) electrons. The first-order valence-corrected chi connectivity index (χ1v) is 7.56. The number of nitriles is 1. The Morgan fingerprint density at radius 2 is 1.92 bits per heavy atom. The van der Waals surface area contributed by atoms with Gasteiger partial charge in [0.2, 0.25) is 0 Å². The van der Waals surface area contributed by atoms with E-state index in [1.807, 2.05) is 24.0 Å². The van der Waals surface area contributed by atoms with Crippen LogP contribution in [0.15, 0.2) is 30.5 Å². The maximum absolute atomic E-state index is 11.3.